The monoisotopic (exact) mass is 498 g/mol. The van der Waals surface area contributed by atoms with Crippen molar-refractivity contribution in [2.24, 2.45) is 0 Å². The highest BCUT2D eigenvalue weighted by atomic mass is 16.1. The standard InChI is InChI=1S/C28H34N8O/c1-5-14-35-27(37)24-17-30-28(32-22-11-10-21-16-29-13-12-20(21)15-22)33-26(24)36(35)25-9-7-8-23(31-25)18-34(6-2)19(3)4/h5,7-11,15,17,19,29H,1,6,12-14,16,18H2,2-4H3,(H,30,32,33). The molecular formula is C28H34N8O. The van der Waals surface area contributed by atoms with Crippen molar-refractivity contribution in [1.29, 1.82) is 0 Å². The lowest BCUT2D eigenvalue weighted by Gasteiger charge is -2.24. The van der Waals surface area contributed by atoms with E-state index >= 15 is 0 Å². The molecule has 192 valence electrons. The van der Waals surface area contributed by atoms with Gasteiger partial charge in [-0.2, -0.15) is 4.98 Å². The molecule has 0 spiro atoms. The van der Waals surface area contributed by atoms with Gasteiger partial charge in [-0.05, 0) is 68.8 Å². The number of anilines is 2. The lowest BCUT2D eigenvalue weighted by atomic mass is 10.0. The second-order valence-electron chi connectivity index (χ2n) is 9.60. The summed E-state index contributed by atoms with van der Waals surface area (Å²) in [5, 5.41) is 7.16. The molecule has 4 heterocycles. The Hall–Kier alpha value is -3.82. The van der Waals surface area contributed by atoms with Gasteiger partial charge in [0.2, 0.25) is 5.95 Å². The van der Waals surface area contributed by atoms with E-state index in [0.29, 0.717) is 35.4 Å². The predicted octanol–water partition coefficient (Wildman–Crippen LogP) is 3.78. The lowest BCUT2D eigenvalue weighted by molar-refractivity contribution is 0.222. The number of rotatable bonds is 9. The van der Waals surface area contributed by atoms with Crippen molar-refractivity contribution in [1.82, 2.24) is 34.5 Å². The first-order valence-electron chi connectivity index (χ1n) is 12.9. The molecule has 5 rings (SSSR count). The van der Waals surface area contributed by atoms with Gasteiger partial charge in [0, 0.05) is 31.0 Å². The zero-order chi connectivity index (χ0) is 25.9. The van der Waals surface area contributed by atoms with Gasteiger partial charge in [0.05, 0.1) is 12.2 Å². The third kappa shape index (κ3) is 5.05. The molecule has 2 N–H and O–H groups in total. The Morgan fingerprint density at radius 2 is 2.08 bits per heavy atom. The normalized spacial score (nSPS) is 13.3. The third-order valence-corrected chi connectivity index (χ3v) is 6.84. The van der Waals surface area contributed by atoms with Gasteiger partial charge in [0.1, 0.15) is 5.39 Å². The van der Waals surface area contributed by atoms with Crippen molar-refractivity contribution in [3.63, 3.8) is 0 Å². The van der Waals surface area contributed by atoms with E-state index in [4.69, 9.17) is 9.97 Å². The number of hydrogen-bond donors (Lipinski definition) is 2. The third-order valence-electron chi connectivity index (χ3n) is 6.84. The number of nitrogens with zero attached hydrogens (tertiary/aromatic N) is 6. The minimum atomic E-state index is -0.174. The summed E-state index contributed by atoms with van der Waals surface area (Å²) in [4.78, 5) is 29.8. The molecule has 0 unspecified atom stereocenters. The first kappa shape index (κ1) is 24.9. The maximum Gasteiger partial charge on any atom is 0.278 e. The Kier molecular flexibility index (Phi) is 7.16. The van der Waals surface area contributed by atoms with Crippen LogP contribution in [0.5, 0.6) is 0 Å². The molecule has 3 aromatic heterocycles. The molecule has 4 aromatic rings. The van der Waals surface area contributed by atoms with Crippen LogP contribution >= 0.6 is 0 Å². The van der Waals surface area contributed by atoms with Crippen LogP contribution in [0.3, 0.4) is 0 Å². The Morgan fingerprint density at radius 3 is 2.86 bits per heavy atom. The van der Waals surface area contributed by atoms with Crippen LogP contribution < -0.4 is 16.2 Å². The van der Waals surface area contributed by atoms with Crippen LogP contribution in [0.1, 0.15) is 37.6 Å². The van der Waals surface area contributed by atoms with Gasteiger partial charge in [-0.25, -0.2) is 19.3 Å². The number of hydrogen-bond acceptors (Lipinski definition) is 7. The summed E-state index contributed by atoms with van der Waals surface area (Å²) in [6.45, 7) is 14.2. The fourth-order valence-electron chi connectivity index (χ4n) is 4.83. The minimum Gasteiger partial charge on any atom is -0.324 e. The number of fused-ring (bicyclic) bond motifs is 2. The van der Waals surface area contributed by atoms with Gasteiger partial charge in [0.15, 0.2) is 11.5 Å². The van der Waals surface area contributed by atoms with Crippen LogP contribution in [-0.2, 0) is 26.1 Å². The van der Waals surface area contributed by atoms with Crippen LogP contribution in [0.2, 0.25) is 0 Å². The summed E-state index contributed by atoms with van der Waals surface area (Å²) in [5.41, 5.74) is 4.83. The smallest absolute Gasteiger partial charge is 0.278 e. The first-order valence-corrected chi connectivity index (χ1v) is 12.9. The molecule has 9 heteroatoms. The maximum absolute atomic E-state index is 13.3. The zero-order valence-corrected chi connectivity index (χ0v) is 21.7. The summed E-state index contributed by atoms with van der Waals surface area (Å²) in [5.74, 6) is 1.07. The van der Waals surface area contributed by atoms with Crippen molar-refractivity contribution in [2.45, 2.75) is 52.9 Å². The highest BCUT2D eigenvalue weighted by Crippen LogP contribution is 2.22. The minimum absolute atomic E-state index is 0.174. The van der Waals surface area contributed by atoms with Crippen molar-refractivity contribution >= 4 is 22.7 Å². The van der Waals surface area contributed by atoms with Gasteiger partial charge in [-0.15, -0.1) is 6.58 Å². The second kappa shape index (κ2) is 10.7. The van der Waals surface area contributed by atoms with Crippen LogP contribution in [0, 0.1) is 0 Å². The predicted molar refractivity (Wildman–Crippen MR) is 147 cm³/mol. The Bertz CT molecular complexity index is 1490. The molecule has 0 fully saturated rings. The van der Waals surface area contributed by atoms with Crippen LogP contribution in [0.25, 0.3) is 16.9 Å². The average Bonchev–Trinajstić information content (AvgIpc) is 3.18. The van der Waals surface area contributed by atoms with Crippen LogP contribution in [-0.4, -0.2) is 48.3 Å². The van der Waals surface area contributed by atoms with Crippen molar-refractivity contribution in [3.8, 4) is 5.82 Å². The van der Waals surface area contributed by atoms with E-state index in [9.17, 15) is 4.79 Å². The van der Waals surface area contributed by atoms with Crippen molar-refractivity contribution in [3.05, 3.63) is 82.4 Å². The highest BCUT2D eigenvalue weighted by molar-refractivity contribution is 5.77. The lowest BCUT2D eigenvalue weighted by Crippen LogP contribution is -2.30. The molecule has 0 radical (unpaired) electrons. The van der Waals surface area contributed by atoms with Crippen LogP contribution in [0.15, 0.2) is 60.0 Å². The summed E-state index contributed by atoms with van der Waals surface area (Å²) < 4.78 is 3.38. The number of aromatic nitrogens is 5. The van der Waals surface area contributed by atoms with E-state index in [0.717, 1.165) is 44.0 Å². The first-order chi connectivity index (χ1) is 18.0. The van der Waals surface area contributed by atoms with E-state index in [2.05, 4.69) is 60.0 Å². The number of pyridine rings is 1. The molecule has 1 aliphatic rings. The largest absolute Gasteiger partial charge is 0.324 e. The van der Waals surface area contributed by atoms with Crippen LogP contribution in [0.4, 0.5) is 11.6 Å². The molecule has 0 atom stereocenters. The SMILES string of the molecule is C=CCn1c(=O)c2cnc(Nc3ccc4c(c3)CCNC4)nc2n1-c1cccc(CN(CC)C(C)C)n1. The second-order valence-corrected chi connectivity index (χ2v) is 9.60. The molecular weight excluding hydrogens is 464 g/mol. The van der Waals surface area contributed by atoms with Gasteiger partial charge in [-0.3, -0.25) is 9.69 Å². The Labute approximate surface area is 216 Å². The van der Waals surface area contributed by atoms with Crippen molar-refractivity contribution < 1.29 is 0 Å². The average molecular weight is 499 g/mol. The fourth-order valence-corrected chi connectivity index (χ4v) is 4.83. The summed E-state index contributed by atoms with van der Waals surface area (Å²) in [7, 11) is 0. The fraction of sp³-hybridized carbons (Fsp3) is 0.357. The Morgan fingerprint density at radius 1 is 1.22 bits per heavy atom. The number of benzene rings is 1. The zero-order valence-electron chi connectivity index (χ0n) is 21.7. The molecule has 0 aliphatic carbocycles. The van der Waals surface area contributed by atoms with Gasteiger partial charge in [0.25, 0.3) is 5.56 Å². The van der Waals surface area contributed by atoms with Gasteiger partial charge < -0.3 is 10.6 Å². The quantitative estimate of drug-likeness (QED) is 0.339. The topological polar surface area (TPSA) is 92.9 Å². The van der Waals surface area contributed by atoms with E-state index in [-0.39, 0.29) is 5.56 Å². The Balaban J connectivity index is 1.56. The molecule has 0 saturated heterocycles. The molecule has 1 aliphatic heterocycles. The summed E-state index contributed by atoms with van der Waals surface area (Å²) in [6, 6.07) is 12.6. The molecule has 9 nitrogen and oxygen atoms in total. The number of allylic oxidation sites excluding steroid dienone is 1. The summed E-state index contributed by atoms with van der Waals surface area (Å²) >= 11 is 0. The van der Waals surface area contributed by atoms with Gasteiger partial charge in [-0.1, -0.05) is 25.1 Å². The molecule has 0 saturated carbocycles. The van der Waals surface area contributed by atoms with E-state index in [1.807, 2.05) is 24.3 Å². The number of nitrogens with one attached hydrogen (secondary N) is 2. The highest BCUT2D eigenvalue weighted by Gasteiger charge is 2.19. The van der Waals surface area contributed by atoms with E-state index < -0.39 is 0 Å². The molecule has 37 heavy (non-hydrogen) atoms. The van der Waals surface area contributed by atoms with Crippen molar-refractivity contribution in [2.75, 3.05) is 18.4 Å². The summed E-state index contributed by atoms with van der Waals surface area (Å²) in [6.07, 6.45) is 4.28. The molecule has 0 amide bonds. The maximum atomic E-state index is 13.3. The molecule has 0 bridgehead atoms. The van der Waals surface area contributed by atoms with Gasteiger partial charge >= 0.3 is 0 Å². The van der Waals surface area contributed by atoms with E-state index in [1.165, 1.54) is 11.1 Å². The molecule has 1 aromatic carbocycles. The van der Waals surface area contributed by atoms with E-state index in [1.54, 1.807) is 21.6 Å².